The highest BCUT2D eigenvalue weighted by Crippen LogP contribution is 2.32. The van der Waals surface area contributed by atoms with Gasteiger partial charge in [-0.05, 0) is 55.4 Å². The van der Waals surface area contributed by atoms with Crippen molar-refractivity contribution in [1.82, 2.24) is 5.32 Å². The predicted molar refractivity (Wildman–Crippen MR) is 82.7 cm³/mol. The molecule has 0 amide bonds. The lowest BCUT2D eigenvalue weighted by Crippen LogP contribution is -2.19. The summed E-state index contributed by atoms with van der Waals surface area (Å²) in [5, 5.41) is 3.22. The van der Waals surface area contributed by atoms with Gasteiger partial charge in [0.05, 0.1) is 13.2 Å². The van der Waals surface area contributed by atoms with E-state index in [0.29, 0.717) is 5.75 Å². The van der Waals surface area contributed by atoms with Gasteiger partial charge in [0.25, 0.3) is 0 Å². The van der Waals surface area contributed by atoms with Crippen molar-refractivity contribution in [2.45, 2.75) is 13.0 Å². The van der Waals surface area contributed by atoms with Crippen LogP contribution >= 0.6 is 15.9 Å². The summed E-state index contributed by atoms with van der Waals surface area (Å²) in [5.41, 5.74) is 2.99. The first kappa shape index (κ1) is 15.0. The third kappa shape index (κ3) is 3.19. The van der Waals surface area contributed by atoms with E-state index < -0.39 is 0 Å². The van der Waals surface area contributed by atoms with Crippen molar-refractivity contribution >= 4 is 15.9 Å². The minimum absolute atomic E-state index is 0.128. The zero-order valence-electron chi connectivity index (χ0n) is 11.7. The standard InChI is InChI=1S/C16H17BrFNO/c1-10-6-11(8-12(17)7-10)16(19-2)14-9-13(18)4-5-15(14)20-3/h4-9,16,19H,1-3H3. The van der Waals surface area contributed by atoms with Gasteiger partial charge in [-0.1, -0.05) is 22.0 Å². The van der Waals surface area contributed by atoms with Gasteiger partial charge >= 0.3 is 0 Å². The zero-order valence-corrected chi connectivity index (χ0v) is 13.3. The summed E-state index contributed by atoms with van der Waals surface area (Å²) in [5.74, 6) is 0.399. The van der Waals surface area contributed by atoms with Gasteiger partial charge in [0.15, 0.2) is 0 Å². The maximum absolute atomic E-state index is 13.6. The number of rotatable bonds is 4. The Bertz CT molecular complexity index is 595. The molecule has 0 aliphatic rings. The zero-order chi connectivity index (χ0) is 14.7. The summed E-state index contributed by atoms with van der Waals surface area (Å²) in [6.45, 7) is 2.03. The Labute approximate surface area is 127 Å². The number of hydrogen-bond donors (Lipinski definition) is 1. The Hall–Kier alpha value is -1.39. The van der Waals surface area contributed by atoms with Crippen LogP contribution in [0.2, 0.25) is 0 Å². The molecule has 0 aliphatic heterocycles. The van der Waals surface area contributed by atoms with Crippen LogP contribution in [0.3, 0.4) is 0 Å². The van der Waals surface area contributed by atoms with Gasteiger partial charge < -0.3 is 10.1 Å². The molecule has 2 nitrogen and oxygen atoms in total. The number of hydrogen-bond acceptors (Lipinski definition) is 2. The minimum Gasteiger partial charge on any atom is -0.496 e. The van der Waals surface area contributed by atoms with Crippen molar-refractivity contribution in [1.29, 1.82) is 0 Å². The highest BCUT2D eigenvalue weighted by Gasteiger charge is 2.18. The fourth-order valence-electron chi connectivity index (χ4n) is 2.36. The van der Waals surface area contributed by atoms with E-state index in [1.807, 2.05) is 26.1 Å². The summed E-state index contributed by atoms with van der Waals surface area (Å²) >= 11 is 3.50. The normalized spacial score (nSPS) is 12.2. The van der Waals surface area contributed by atoms with Crippen molar-refractivity contribution in [3.8, 4) is 5.75 Å². The molecule has 0 radical (unpaired) electrons. The summed E-state index contributed by atoms with van der Waals surface area (Å²) in [7, 11) is 3.45. The van der Waals surface area contributed by atoms with Crippen LogP contribution in [-0.4, -0.2) is 14.2 Å². The molecular formula is C16H17BrFNO. The summed E-state index contributed by atoms with van der Waals surface area (Å²) < 4.78 is 19.9. The fraction of sp³-hybridized carbons (Fsp3) is 0.250. The first-order valence-electron chi connectivity index (χ1n) is 6.33. The van der Waals surface area contributed by atoms with Gasteiger partial charge in [0, 0.05) is 10.0 Å². The molecule has 0 saturated carbocycles. The van der Waals surface area contributed by atoms with Crippen molar-refractivity contribution < 1.29 is 9.13 Å². The molecular weight excluding hydrogens is 321 g/mol. The van der Waals surface area contributed by atoms with Crippen LogP contribution in [0.15, 0.2) is 40.9 Å². The van der Waals surface area contributed by atoms with Crippen LogP contribution < -0.4 is 10.1 Å². The van der Waals surface area contributed by atoms with Crippen LogP contribution in [0, 0.1) is 12.7 Å². The average Bonchev–Trinajstić information content (AvgIpc) is 2.39. The van der Waals surface area contributed by atoms with E-state index in [2.05, 4.69) is 27.3 Å². The Morgan fingerprint density at radius 2 is 1.95 bits per heavy atom. The third-order valence-electron chi connectivity index (χ3n) is 3.19. The lowest BCUT2D eigenvalue weighted by molar-refractivity contribution is 0.404. The molecule has 0 bridgehead atoms. The minimum atomic E-state index is -0.271. The Morgan fingerprint density at radius 3 is 2.55 bits per heavy atom. The molecule has 1 N–H and O–H groups in total. The topological polar surface area (TPSA) is 21.3 Å². The summed E-state index contributed by atoms with van der Waals surface area (Å²) in [6, 6.07) is 10.6. The second-order valence-corrected chi connectivity index (χ2v) is 5.59. The van der Waals surface area contributed by atoms with E-state index in [4.69, 9.17) is 4.74 Å². The number of nitrogens with one attached hydrogen (secondary N) is 1. The Balaban J connectivity index is 2.54. The molecule has 0 fully saturated rings. The van der Waals surface area contributed by atoms with E-state index >= 15 is 0 Å². The molecule has 20 heavy (non-hydrogen) atoms. The molecule has 2 aromatic carbocycles. The molecule has 0 spiro atoms. The van der Waals surface area contributed by atoms with E-state index in [-0.39, 0.29) is 11.9 Å². The van der Waals surface area contributed by atoms with Crippen LogP contribution in [0.25, 0.3) is 0 Å². The Morgan fingerprint density at radius 1 is 1.20 bits per heavy atom. The van der Waals surface area contributed by atoms with Gasteiger partial charge in [-0.3, -0.25) is 0 Å². The first-order chi connectivity index (χ1) is 9.55. The number of methoxy groups -OCH3 is 1. The number of ether oxygens (including phenoxy) is 1. The van der Waals surface area contributed by atoms with Gasteiger partial charge in [-0.25, -0.2) is 4.39 Å². The van der Waals surface area contributed by atoms with E-state index in [1.54, 1.807) is 13.2 Å². The second kappa shape index (κ2) is 6.37. The molecule has 1 unspecified atom stereocenters. The largest absolute Gasteiger partial charge is 0.496 e. The molecule has 4 heteroatoms. The molecule has 0 heterocycles. The SMILES string of the molecule is CNC(c1cc(C)cc(Br)c1)c1cc(F)ccc1OC. The van der Waals surface area contributed by atoms with Crippen LogP contribution in [0.5, 0.6) is 5.75 Å². The summed E-state index contributed by atoms with van der Waals surface area (Å²) in [6.07, 6.45) is 0. The van der Waals surface area contributed by atoms with Crippen LogP contribution in [0.4, 0.5) is 4.39 Å². The average molecular weight is 338 g/mol. The van der Waals surface area contributed by atoms with Crippen molar-refractivity contribution in [2.75, 3.05) is 14.2 Å². The second-order valence-electron chi connectivity index (χ2n) is 4.67. The molecule has 0 saturated heterocycles. The Kier molecular flexibility index (Phi) is 4.78. The summed E-state index contributed by atoms with van der Waals surface area (Å²) in [4.78, 5) is 0. The molecule has 0 aromatic heterocycles. The van der Waals surface area contributed by atoms with E-state index in [1.165, 1.54) is 12.1 Å². The number of aryl methyl sites for hydroxylation is 1. The lowest BCUT2D eigenvalue weighted by Gasteiger charge is -2.20. The van der Waals surface area contributed by atoms with E-state index in [9.17, 15) is 4.39 Å². The highest BCUT2D eigenvalue weighted by atomic mass is 79.9. The van der Waals surface area contributed by atoms with Crippen molar-refractivity contribution in [2.24, 2.45) is 0 Å². The lowest BCUT2D eigenvalue weighted by atomic mass is 9.96. The maximum atomic E-state index is 13.6. The maximum Gasteiger partial charge on any atom is 0.124 e. The van der Waals surface area contributed by atoms with Gasteiger partial charge in [-0.15, -0.1) is 0 Å². The first-order valence-corrected chi connectivity index (χ1v) is 7.12. The molecule has 106 valence electrons. The highest BCUT2D eigenvalue weighted by molar-refractivity contribution is 9.10. The van der Waals surface area contributed by atoms with Crippen LogP contribution in [-0.2, 0) is 0 Å². The molecule has 0 aliphatic carbocycles. The fourth-order valence-corrected chi connectivity index (χ4v) is 2.99. The molecule has 2 rings (SSSR count). The smallest absolute Gasteiger partial charge is 0.124 e. The predicted octanol–water partition coefficient (Wildman–Crippen LogP) is 4.21. The van der Waals surface area contributed by atoms with Gasteiger partial charge in [0.2, 0.25) is 0 Å². The third-order valence-corrected chi connectivity index (χ3v) is 3.65. The number of halogens is 2. The van der Waals surface area contributed by atoms with Gasteiger partial charge in [-0.2, -0.15) is 0 Å². The van der Waals surface area contributed by atoms with Crippen molar-refractivity contribution in [3.63, 3.8) is 0 Å². The quantitative estimate of drug-likeness (QED) is 0.902. The monoisotopic (exact) mass is 337 g/mol. The number of benzene rings is 2. The molecule has 1 atom stereocenters. The van der Waals surface area contributed by atoms with Gasteiger partial charge in [0.1, 0.15) is 11.6 Å². The molecule has 2 aromatic rings. The van der Waals surface area contributed by atoms with Crippen LogP contribution in [0.1, 0.15) is 22.7 Å². The van der Waals surface area contributed by atoms with E-state index in [0.717, 1.165) is 21.2 Å². The van der Waals surface area contributed by atoms with Crippen molar-refractivity contribution in [3.05, 3.63) is 63.4 Å².